The van der Waals surface area contributed by atoms with Crippen molar-refractivity contribution in [3.63, 3.8) is 0 Å². The van der Waals surface area contributed by atoms with Gasteiger partial charge in [0, 0.05) is 18.1 Å². The zero-order valence-corrected chi connectivity index (χ0v) is 10.2. The molecule has 0 heterocycles. The molecule has 1 rings (SSSR count). The number of alkyl halides is 2. The van der Waals surface area contributed by atoms with Gasteiger partial charge < -0.3 is 14.6 Å². The van der Waals surface area contributed by atoms with Crippen molar-refractivity contribution in [1.82, 2.24) is 0 Å². The highest BCUT2D eigenvalue weighted by Crippen LogP contribution is 2.33. The monoisotopic (exact) mass is 260 g/mol. The van der Waals surface area contributed by atoms with Crippen LogP contribution in [0.4, 0.5) is 8.78 Å². The van der Waals surface area contributed by atoms with E-state index in [-0.39, 0.29) is 16.9 Å². The molecule has 0 spiro atoms. The van der Waals surface area contributed by atoms with E-state index in [1.165, 1.54) is 19.2 Å². The first-order valence-corrected chi connectivity index (χ1v) is 5.13. The summed E-state index contributed by atoms with van der Waals surface area (Å²) >= 11 is 0. The summed E-state index contributed by atoms with van der Waals surface area (Å²) in [5.41, 5.74) is -0.371. The van der Waals surface area contributed by atoms with Gasteiger partial charge in [0.15, 0.2) is 6.10 Å². The zero-order valence-electron chi connectivity index (χ0n) is 10.2. The lowest BCUT2D eigenvalue weighted by Crippen LogP contribution is -2.16. The average molecular weight is 260 g/mol. The first-order chi connectivity index (χ1) is 8.31. The molecule has 100 valence electrons. The third-order valence-corrected chi connectivity index (χ3v) is 2.46. The van der Waals surface area contributed by atoms with Crippen molar-refractivity contribution in [1.29, 1.82) is 0 Å². The molecule has 0 bridgehead atoms. The molecule has 0 radical (unpaired) electrons. The van der Waals surface area contributed by atoms with Gasteiger partial charge in [-0.25, -0.2) is 13.6 Å². The van der Waals surface area contributed by atoms with Crippen LogP contribution in [0.5, 0.6) is 5.75 Å². The molecule has 1 N–H and O–H groups in total. The van der Waals surface area contributed by atoms with Gasteiger partial charge in [-0.15, -0.1) is 0 Å². The van der Waals surface area contributed by atoms with E-state index < -0.39 is 18.0 Å². The van der Waals surface area contributed by atoms with Crippen molar-refractivity contribution in [3.05, 3.63) is 29.3 Å². The number of rotatable bonds is 4. The van der Waals surface area contributed by atoms with Crippen LogP contribution >= 0.6 is 0 Å². The largest absolute Gasteiger partial charge is 0.496 e. The summed E-state index contributed by atoms with van der Waals surface area (Å²) in [6, 6.07) is 3.47. The van der Waals surface area contributed by atoms with Gasteiger partial charge in [-0.1, -0.05) is 0 Å². The lowest BCUT2D eigenvalue weighted by atomic mass is 10.0. The van der Waals surface area contributed by atoms with Crippen molar-refractivity contribution >= 4 is 5.97 Å². The van der Waals surface area contributed by atoms with Crippen LogP contribution < -0.4 is 4.74 Å². The Morgan fingerprint density at radius 2 is 2.00 bits per heavy atom. The Morgan fingerprint density at radius 3 is 2.44 bits per heavy atom. The normalized spacial score (nSPS) is 13.0. The fraction of sp³-hybridized carbons (Fsp3) is 0.417. The predicted octanol–water partition coefficient (Wildman–Crippen LogP) is 2.01. The number of esters is 1. The van der Waals surface area contributed by atoms with Crippen molar-refractivity contribution in [2.24, 2.45) is 0 Å². The minimum absolute atomic E-state index is 0.0524. The van der Waals surface area contributed by atoms with E-state index in [4.69, 9.17) is 4.74 Å². The van der Waals surface area contributed by atoms with Gasteiger partial charge in [0.1, 0.15) is 5.75 Å². The maximum atomic E-state index is 13.2. The molecule has 0 aliphatic heterocycles. The molecule has 0 saturated heterocycles. The third kappa shape index (κ3) is 2.95. The molecule has 0 aliphatic rings. The zero-order chi connectivity index (χ0) is 13.9. The molecule has 0 aromatic heterocycles. The number of methoxy groups -OCH3 is 2. The summed E-state index contributed by atoms with van der Waals surface area (Å²) in [7, 11) is 2.41. The number of benzene rings is 1. The Balaban J connectivity index is 3.26. The summed E-state index contributed by atoms with van der Waals surface area (Å²) in [5, 5.41) is 9.69. The fourth-order valence-corrected chi connectivity index (χ4v) is 1.46. The maximum Gasteiger partial charge on any atom is 0.339 e. The molecule has 1 aromatic rings. The molecular formula is C12H14F2O4. The quantitative estimate of drug-likeness (QED) is 0.841. The number of carbonyl (C=O) groups is 1. The highest BCUT2D eigenvalue weighted by Gasteiger charge is 2.28. The number of aliphatic hydroxyl groups is 1. The van der Waals surface area contributed by atoms with Crippen LogP contribution in [0, 0.1) is 0 Å². The van der Waals surface area contributed by atoms with Crippen molar-refractivity contribution in [3.8, 4) is 5.75 Å². The van der Waals surface area contributed by atoms with E-state index in [2.05, 4.69) is 4.74 Å². The van der Waals surface area contributed by atoms with Crippen LogP contribution in [-0.4, -0.2) is 25.3 Å². The highest BCUT2D eigenvalue weighted by atomic mass is 19.3. The second-order valence-corrected chi connectivity index (χ2v) is 3.77. The molecule has 0 saturated carbocycles. The fourth-order valence-electron chi connectivity index (χ4n) is 1.46. The topological polar surface area (TPSA) is 55.8 Å². The van der Waals surface area contributed by atoms with E-state index in [1.807, 2.05) is 0 Å². The average Bonchev–Trinajstić information content (AvgIpc) is 2.35. The Bertz CT molecular complexity index is 440. The predicted molar refractivity (Wildman–Crippen MR) is 59.5 cm³/mol. The number of ether oxygens (including phenoxy) is 2. The molecular weight excluding hydrogens is 246 g/mol. The van der Waals surface area contributed by atoms with Crippen LogP contribution in [0.25, 0.3) is 0 Å². The number of halogens is 2. The van der Waals surface area contributed by atoms with E-state index in [0.29, 0.717) is 0 Å². The smallest absolute Gasteiger partial charge is 0.339 e. The van der Waals surface area contributed by atoms with Gasteiger partial charge in [0.2, 0.25) is 0 Å². The van der Waals surface area contributed by atoms with Crippen LogP contribution in [0.1, 0.15) is 24.2 Å². The minimum atomic E-state index is -3.07. The molecule has 1 atom stereocenters. The van der Waals surface area contributed by atoms with Crippen molar-refractivity contribution < 1.29 is 28.2 Å². The van der Waals surface area contributed by atoms with Gasteiger partial charge in [-0.2, -0.15) is 0 Å². The number of hydrogen-bond donors (Lipinski definition) is 1. The molecule has 4 nitrogen and oxygen atoms in total. The van der Waals surface area contributed by atoms with Gasteiger partial charge in [-0.3, -0.25) is 0 Å². The summed E-state index contributed by atoms with van der Waals surface area (Å²) in [5.74, 6) is -3.87. The Labute approximate surface area is 103 Å². The second kappa shape index (κ2) is 5.30. The molecule has 0 amide bonds. The van der Waals surface area contributed by atoms with Crippen LogP contribution in [0.3, 0.4) is 0 Å². The lowest BCUT2D eigenvalue weighted by Gasteiger charge is -2.17. The van der Waals surface area contributed by atoms with Gasteiger partial charge in [0.05, 0.1) is 14.2 Å². The van der Waals surface area contributed by atoms with E-state index >= 15 is 0 Å². The molecule has 1 unspecified atom stereocenters. The number of hydrogen-bond acceptors (Lipinski definition) is 4. The Morgan fingerprint density at radius 1 is 1.39 bits per heavy atom. The first kappa shape index (κ1) is 14.4. The Hall–Kier alpha value is -1.69. The van der Waals surface area contributed by atoms with E-state index in [9.17, 15) is 18.7 Å². The van der Waals surface area contributed by atoms with Crippen LogP contribution in [0.2, 0.25) is 0 Å². The Kier molecular flexibility index (Phi) is 4.24. The molecule has 18 heavy (non-hydrogen) atoms. The second-order valence-electron chi connectivity index (χ2n) is 3.77. The molecule has 0 aliphatic carbocycles. The molecule has 6 heteroatoms. The minimum Gasteiger partial charge on any atom is -0.496 e. The van der Waals surface area contributed by atoms with Gasteiger partial charge in [-0.05, 0) is 18.2 Å². The van der Waals surface area contributed by atoms with E-state index in [0.717, 1.165) is 20.1 Å². The maximum absolute atomic E-state index is 13.2. The van der Waals surface area contributed by atoms with Crippen LogP contribution in [0.15, 0.2) is 18.2 Å². The van der Waals surface area contributed by atoms with Crippen LogP contribution in [-0.2, 0) is 15.5 Å². The summed E-state index contributed by atoms with van der Waals surface area (Å²) < 4.78 is 35.6. The SMILES string of the molecule is COC(=O)C(O)c1cc(C(C)(F)F)ccc1OC. The molecule has 1 aromatic carbocycles. The van der Waals surface area contributed by atoms with Gasteiger partial charge in [0.25, 0.3) is 5.92 Å². The summed E-state index contributed by atoms with van der Waals surface area (Å²) in [4.78, 5) is 11.2. The standard InChI is InChI=1S/C12H14F2O4/c1-12(13,14)7-4-5-9(17-2)8(6-7)10(15)11(16)18-3/h4-6,10,15H,1-3H3. The molecule has 0 fully saturated rings. The number of carbonyl (C=O) groups excluding carboxylic acids is 1. The van der Waals surface area contributed by atoms with E-state index in [1.54, 1.807) is 0 Å². The highest BCUT2D eigenvalue weighted by molar-refractivity contribution is 5.77. The third-order valence-electron chi connectivity index (χ3n) is 2.46. The van der Waals surface area contributed by atoms with Crippen molar-refractivity contribution in [2.75, 3.05) is 14.2 Å². The summed E-state index contributed by atoms with van der Waals surface area (Å²) in [6.45, 7) is 0.725. The lowest BCUT2D eigenvalue weighted by molar-refractivity contribution is -0.150. The first-order valence-electron chi connectivity index (χ1n) is 5.13. The summed E-state index contributed by atoms with van der Waals surface area (Å²) in [6.07, 6.45) is -1.66. The van der Waals surface area contributed by atoms with Gasteiger partial charge >= 0.3 is 5.97 Å². The van der Waals surface area contributed by atoms with Crippen molar-refractivity contribution in [2.45, 2.75) is 19.0 Å². The number of aliphatic hydroxyl groups excluding tert-OH is 1.